The fraction of sp³-hybridized carbons (Fsp3) is 0.667. The summed E-state index contributed by atoms with van der Waals surface area (Å²) in [5, 5.41) is 4.49. The van der Waals surface area contributed by atoms with Gasteiger partial charge in [-0.15, -0.1) is 0 Å². The second-order valence-corrected chi connectivity index (χ2v) is 4.47. The Morgan fingerprint density at radius 2 is 2.57 bits per heavy atom. The molecule has 0 bridgehead atoms. The van der Waals surface area contributed by atoms with Crippen LogP contribution in [0.25, 0.3) is 0 Å². The normalized spacial score (nSPS) is 27.5. The Balaban J connectivity index is 1.90. The number of nitrogens with one attached hydrogen (secondary N) is 1. The number of anilines is 2. The van der Waals surface area contributed by atoms with Crippen LogP contribution in [0.4, 0.5) is 10.8 Å². The molecule has 1 aromatic rings. The van der Waals surface area contributed by atoms with Crippen LogP contribution in [-0.2, 0) is 4.74 Å². The molecule has 1 fully saturated rings. The van der Waals surface area contributed by atoms with Crippen molar-refractivity contribution in [2.75, 3.05) is 17.7 Å². The minimum Gasteiger partial charge on any atom is -0.383 e. The summed E-state index contributed by atoms with van der Waals surface area (Å²) >= 11 is 1.42. The molecule has 3 N–H and O–H groups in total. The zero-order chi connectivity index (χ0) is 9.97. The van der Waals surface area contributed by atoms with E-state index in [2.05, 4.69) is 16.6 Å². The first kappa shape index (κ1) is 9.73. The van der Waals surface area contributed by atoms with Crippen molar-refractivity contribution >= 4 is 22.4 Å². The van der Waals surface area contributed by atoms with Gasteiger partial charge in [-0.1, -0.05) is 0 Å². The number of nitrogens with two attached hydrogens (primary N) is 1. The topological polar surface area (TPSA) is 60.2 Å². The first-order valence-electron chi connectivity index (χ1n) is 4.84. The molecule has 1 aliphatic rings. The third kappa shape index (κ3) is 2.36. The number of hydrogen-bond acceptors (Lipinski definition) is 5. The minimum absolute atomic E-state index is 0.353. The quantitative estimate of drug-likeness (QED) is 0.785. The maximum absolute atomic E-state index is 5.55. The van der Waals surface area contributed by atoms with Gasteiger partial charge >= 0.3 is 0 Å². The highest BCUT2D eigenvalue weighted by atomic mass is 32.1. The van der Waals surface area contributed by atoms with Gasteiger partial charge < -0.3 is 15.8 Å². The molecule has 78 valence electrons. The Hall–Kier alpha value is -0.810. The Bertz CT molecular complexity index is 302. The van der Waals surface area contributed by atoms with Crippen molar-refractivity contribution in [1.29, 1.82) is 0 Å². The molecule has 0 radical (unpaired) electrons. The number of rotatable bonds is 2. The highest BCUT2D eigenvalue weighted by Gasteiger charge is 2.19. The summed E-state index contributed by atoms with van der Waals surface area (Å²) < 4.78 is 9.50. The monoisotopic (exact) mass is 213 g/mol. The van der Waals surface area contributed by atoms with E-state index in [1.165, 1.54) is 11.5 Å². The van der Waals surface area contributed by atoms with Crippen molar-refractivity contribution in [2.45, 2.75) is 31.9 Å². The van der Waals surface area contributed by atoms with E-state index >= 15 is 0 Å². The van der Waals surface area contributed by atoms with Crippen molar-refractivity contribution in [3.8, 4) is 0 Å². The molecule has 0 aromatic carbocycles. The molecular weight excluding hydrogens is 198 g/mol. The number of nitrogens with zero attached hydrogens (tertiary/aromatic N) is 1. The van der Waals surface area contributed by atoms with E-state index in [0.29, 0.717) is 18.0 Å². The van der Waals surface area contributed by atoms with Crippen molar-refractivity contribution in [2.24, 2.45) is 0 Å². The summed E-state index contributed by atoms with van der Waals surface area (Å²) in [5.41, 5.74) is 5.55. The van der Waals surface area contributed by atoms with Crippen LogP contribution in [0.5, 0.6) is 0 Å². The second-order valence-electron chi connectivity index (χ2n) is 3.66. The van der Waals surface area contributed by atoms with Crippen molar-refractivity contribution < 1.29 is 4.74 Å². The summed E-state index contributed by atoms with van der Waals surface area (Å²) in [6.45, 7) is 2.95. The lowest BCUT2D eigenvalue weighted by atomic mass is 10.0. The van der Waals surface area contributed by atoms with Crippen molar-refractivity contribution in [3.63, 3.8) is 0 Å². The summed E-state index contributed by atoms with van der Waals surface area (Å²) in [5.74, 6) is 0.595. The molecule has 4 nitrogen and oxygen atoms in total. The second kappa shape index (κ2) is 4.14. The summed E-state index contributed by atoms with van der Waals surface area (Å²) in [6, 6.07) is 2.38. The van der Waals surface area contributed by atoms with E-state index < -0.39 is 0 Å². The van der Waals surface area contributed by atoms with E-state index in [4.69, 9.17) is 10.5 Å². The predicted molar refractivity (Wildman–Crippen MR) is 58.6 cm³/mol. The first-order valence-corrected chi connectivity index (χ1v) is 5.61. The van der Waals surface area contributed by atoms with E-state index in [1.807, 2.05) is 6.07 Å². The number of nitrogen functional groups attached to an aromatic ring is 1. The fourth-order valence-electron chi connectivity index (χ4n) is 1.69. The van der Waals surface area contributed by atoms with Gasteiger partial charge in [-0.05, 0) is 31.3 Å². The molecule has 1 aromatic heterocycles. The van der Waals surface area contributed by atoms with Gasteiger partial charge in [0, 0.05) is 18.7 Å². The third-order valence-corrected chi connectivity index (χ3v) is 3.09. The van der Waals surface area contributed by atoms with Crippen LogP contribution in [-0.4, -0.2) is 23.1 Å². The number of hydrogen-bond donors (Lipinski definition) is 2. The Labute approximate surface area is 87.6 Å². The smallest absolute Gasteiger partial charge is 0.139 e. The number of ether oxygens (including phenoxy) is 1. The molecule has 0 saturated carbocycles. The molecule has 0 aliphatic carbocycles. The predicted octanol–water partition coefficient (Wildman–Crippen LogP) is 1.70. The van der Waals surface area contributed by atoms with Gasteiger partial charge in [0.15, 0.2) is 0 Å². The molecule has 0 amide bonds. The van der Waals surface area contributed by atoms with Crippen LogP contribution in [0.15, 0.2) is 6.07 Å². The molecule has 2 heterocycles. The van der Waals surface area contributed by atoms with Crippen molar-refractivity contribution in [3.05, 3.63) is 6.07 Å². The van der Waals surface area contributed by atoms with Gasteiger partial charge in [-0.25, -0.2) is 0 Å². The zero-order valence-corrected chi connectivity index (χ0v) is 9.01. The molecule has 2 atom stereocenters. The SMILES string of the molecule is CC1CC(Nc2cc(N)ns2)CCO1. The highest BCUT2D eigenvalue weighted by Crippen LogP contribution is 2.22. The van der Waals surface area contributed by atoms with Crippen LogP contribution in [0.3, 0.4) is 0 Å². The number of aromatic nitrogens is 1. The summed E-state index contributed by atoms with van der Waals surface area (Å²) in [4.78, 5) is 0. The van der Waals surface area contributed by atoms with Gasteiger partial charge in [-0.2, -0.15) is 4.37 Å². The van der Waals surface area contributed by atoms with E-state index in [9.17, 15) is 0 Å². The van der Waals surface area contributed by atoms with Crippen LogP contribution in [0.2, 0.25) is 0 Å². The van der Waals surface area contributed by atoms with E-state index in [1.54, 1.807) is 0 Å². The van der Waals surface area contributed by atoms with Gasteiger partial charge in [0.25, 0.3) is 0 Å². The zero-order valence-electron chi connectivity index (χ0n) is 8.19. The summed E-state index contributed by atoms with van der Waals surface area (Å²) in [6.07, 6.45) is 2.46. The molecule has 0 spiro atoms. The molecule has 1 saturated heterocycles. The lowest BCUT2D eigenvalue weighted by molar-refractivity contribution is 0.0233. The lowest BCUT2D eigenvalue weighted by Crippen LogP contribution is -2.32. The Morgan fingerprint density at radius 3 is 3.21 bits per heavy atom. The molecule has 5 heteroatoms. The summed E-state index contributed by atoms with van der Waals surface area (Å²) in [7, 11) is 0. The van der Waals surface area contributed by atoms with Gasteiger partial charge in [0.05, 0.1) is 6.10 Å². The van der Waals surface area contributed by atoms with E-state index in [0.717, 1.165) is 24.4 Å². The van der Waals surface area contributed by atoms with Gasteiger partial charge in [0.1, 0.15) is 10.8 Å². The van der Waals surface area contributed by atoms with Gasteiger partial charge in [0.2, 0.25) is 0 Å². The fourth-order valence-corrected chi connectivity index (χ4v) is 2.34. The highest BCUT2D eigenvalue weighted by molar-refractivity contribution is 7.10. The maximum atomic E-state index is 5.55. The average molecular weight is 213 g/mol. The molecule has 2 rings (SSSR count). The van der Waals surface area contributed by atoms with Gasteiger partial charge in [-0.3, -0.25) is 0 Å². The lowest BCUT2D eigenvalue weighted by Gasteiger charge is -2.27. The largest absolute Gasteiger partial charge is 0.383 e. The van der Waals surface area contributed by atoms with Crippen molar-refractivity contribution in [1.82, 2.24) is 4.37 Å². The Morgan fingerprint density at radius 1 is 1.71 bits per heavy atom. The first-order chi connectivity index (χ1) is 6.74. The van der Waals surface area contributed by atoms with Crippen LogP contribution in [0.1, 0.15) is 19.8 Å². The molecule has 1 aliphatic heterocycles. The minimum atomic E-state index is 0.353. The van der Waals surface area contributed by atoms with E-state index in [-0.39, 0.29) is 0 Å². The maximum Gasteiger partial charge on any atom is 0.139 e. The molecule has 14 heavy (non-hydrogen) atoms. The molecule has 2 unspecified atom stereocenters. The third-order valence-electron chi connectivity index (χ3n) is 2.36. The average Bonchev–Trinajstić information content (AvgIpc) is 2.51. The van der Waals surface area contributed by atoms with Crippen LogP contribution in [0, 0.1) is 0 Å². The standard InChI is InChI=1S/C9H15N3OS/c1-6-4-7(2-3-13-6)11-9-5-8(10)12-14-9/h5-7,11H,2-4H2,1H3,(H2,10,12). The Kier molecular flexibility index (Phi) is 2.88. The van der Waals surface area contributed by atoms with Crippen LogP contribution < -0.4 is 11.1 Å². The molecular formula is C9H15N3OS. The van der Waals surface area contributed by atoms with Crippen LogP contribution >= 0.6 is 11.5 Å².